The van der Waals surface area contributed by atoms with Gasteiger partial charge in [-0.3, -0.25) is 9.52 Å². The molecule has 0 spiro atoms. The normalized spacial score (nSPS) is 18.9. The van der Waals surface area contributed by atoms with Gasteiger partial charge >= 0.3 is 0 Å². The van der Waals surface area contributed by atoms with Crippen molar-refractivity contribution in [2.24, 2.45) is 0 Å². The van der Waals surface area contributed by atoms with E-state index in [1.807, 2.05) is 30.5 Å². The van der Waals surface area contributed by atoms with Gasteiger partial charge in [0, 0.05) is 29.8 Å². The van der Waals surface area contributed by atoms with E-state index >= 15 is 0 Å². The maximum absolute atomic E-state index is 12.0. The van der Waals surface area contributed by atoms with E-state index in [0.717, 1.165) is 46.6 Å². The molecule has 2 aliphatic heterocycles. The van der Waals surface area contributed by atoms with E-state index in [1.165, 1.54) is 10.8 Å². The molecule has 0 aliphatic carbocycles. The van der Waals surface area contributed by atoms with Crippen LogP contribution in [0.4, 0.5) is 5.82 Å². The molecule has 27 heavy (non-hydrogen) atoms. The summed E-state index contributed by atoms with van der Waals surface area (Å²) >= 11 is 0. The van der Waals surface area contributed by atoms with Crippen molar-refractivity contribution in [1.29, 1.82) is 0 Å². The van der Waals surface area contributed by atoms with Crippen LogP contribution in [0.1, 0.15) is 6.42 Å². The minimum atomic E-state index is -1.59. The first-order valence-electron chi connectivity index (χ1n) is 8.48. The molecule has 1 atom stereocenters. The van der Waals surface area contributed by atoms with Gasteiger partial charge in [-0.25, -0.2) is 13.9 Å². The molecule has 0 saturated carbocycles. The number of carbonyl (C=O) groups is 1. The zero-order chi connectivity index (χ0) is 18.4. The summed E-state index contributed by atoms with van der Waals surface area (Å²) < 4.78 is 21.6. The molecule has 9 heteroatoms. The van der Waals surface area contributed by atoms with Crippen molar-refractivity contribution in [1.82, 2.24) is 19.5 Å². The van der Waals surface area contributed by atoms with Crippen LogP contribution in [0, 0.1) is 0 Å². The van der Waals surface area contributed by atoms with Crippen LogP contribution >= 0.6 is 0 Å². The summed E-state index contributed by atoms with van der Waals surface area (Å²) in [4.78, 5) is 15.9. The average Bonchev–Trinajstić information content (AvgIpc) is 3.14. The van der Waals surface area contributed by atoms with Crippen molar-refractivity contribution in [3.63, 3.8) is 0 Å². The summed E-state index contributed by atoms with van der Waals surface area (Å²) in [7, 11) is -1.59. The lowest BCUT2D eigenvalue weighted by atomic mass is 10.1. The molecule has 0 radical (unpaired) electrons. The van der Waals surface area contributed by atoms with Crippen molar-refractivity contribution < 1.29 is 13.7 Å². The number of hydrogen-bond acceptors (Lipinski definition) is 6. The zero-order valence-corrected chi connectivity index (χ0v) is 15.0. The highest BCUT2D eigenvalue weighted by Gasteiger charge is 2.23. The number of nitrogens with one attached hydrogen (secondary N) is 2. The largest absolute Gasteiger partial charge is 0.490 e. The highest BCUT2D eigenvalue weighted by Crippen LogP contribution is 2.32. The Morgan fingerprint density at radius 1 is 1.19 bits per heavy atom. The van der Waals surface area contributed by atoms with Gasteiger partial charge in [-0.05, 0) is 30.2 Å². The van der Waals surface area contributed by atoms with Crippen LogP contribution in [-0.2, 0) is 15.8 Å². The van der Waals surface area contributed by atoms with Crippen molar-refractivity contribution >= 4 is 38.6 Å². The lowest BCUT2D eigenvalue weighted by molar-refractivity contribution is -0.114. The summed E-state index contributed by atoms with van der Waals surface area (Å²) in [6.07, 6.45) is 5.74. The topological polar surface area (TPSA) is 98.1 Å². The third-order valence-electron chi connectivity index (χ3n) is 4.47. The molecule has 1 amide bonds. The molecule has 3 aromatic rings. The number of ether oxygens (including phenoxy) is 1. The number of pyridine rings is 1. The summed E-state index contributed by atoms with van der Waals surface area (Å²) in [5.74, 6) is 1.13. The molecule has 2 aliphatic rings. The van der Waals surface area contributed by atoms with Crippen molar-refractivity contribution in [3.05, 3.63) is 42.7 Å². The van der Waals surface area contributed by atoms with E-state index in [4.69, 9.17) is 4.74 Å². The SMILES string of the molecule is O=C1C=C(n2ncc3cc(-c4cnc5c(c4)OCCCN5)ccc32)S(=O)N1. The summed E-state index contributed by atoms with van der Waals surface area (Å²) in [5, 5.41) is 8.75. The van der Waals surface area contributed by atoms with Gasteiger partial charge in [0.05, 0.1) is 18.3 Å². The first-order valence-corrected chi connectivity index (χ1v) is 9.63. The Bertz CT molecular complexity index is 1140. The molecule has 0 bridgehead atoms. The Labute approximate surface area is 156 Å². The Morgan fingerprint density at radius 3 is 2.96 bits per heavy atom. The van der Waals surface area contributed by atoms with Crippen LogP contribution in [0.5, 0.6) is 5.75 Å². The van der Waals surface area contributed by atoms with Crippen molar-refractivity contribution in [2.45, 2.75) is 6.42 Å². The summed E-state index contributed by atoms with van der Waals surface area (Å²) in [6.45, 7) is 1.51. The molecular formula is C18H15N5O3S. The lowest BCUT2D eigenvalue weighted by Crippen LogP contribution is -2.17. The van der Waals surface area contributed by atoms with Gasteiger partial charge in [0.1, 0.15) is 0 Å². The number of benzene rings is 1. The first-order chi connectivity index (χ1) is 13.2. The minimum Gasteiger partial charge on any atom is -0.490 e. The fraction of sp³-hybridized carbons (Fsp3) is 0.167. The van der Waals surface area contributed by atoms with Gasteiger partial charge in [-0.1, -0.05) is 6.07 Å². The fourth-order valence-electron chi connectivity index (χ4n) is 3.17. The zero-order valence-electron chi connectivity index (χ0n) is 14.1. The number of aromatic nitrogens is 3. The third kappa shape index (κ3) is 2.76. The van der Waals surface area contributed by atoms with E-state index in [0.29, 0.717) is 11.6 Å². The average molecular weight is 381 g/mol. The molecule has 2 aromatic heterocycles. The monoisotopic (exact) mass is 381 g/mol. The number of hydrogen-bond donors (Lipinski definition) is 2. The second-order valence-electron chi connectivity index (χ2n) is 6.25. The predicted octanol–water partition coefficient (Wildman–Crippen LogP) is 1.88. The number of fused-ring (bicyclic) bond motifs is 2. The molecular weight excluding hydrogens is 366 g/mol. The quantitative estimate of drug-likeness (QED) is 0.703. The van der Waals surface area contributed by atoms with E-state index in [1.54, 1.807) is 6.20 Å². The standard InChI is InChI=1S/C18H15N5O3S/c24-16-8-17(27(25)22-16)23-14-3-2-11(6-13(14)10-21-23)12-7-15-18(20-9-12)19-4-1-5-26-15/h2-3,6-10H,1,4-5H2,(H,19,20)(H,22,24). The maximum Gasteiger partial charge on any atom is 0.258 e. The van der Waals surface area contributed by atoms with Crippen LogP contribution in [-0.4, -0.2) is 38.0 Å². The smallest absolute Gasteiger partial charge is 0.258 e. The Kier molecular flexibility index (Phi) is 3.68. The fourth-order valence-corrected chi connectivity index (χ4v) is 4.04. The molecule has 5 rings (SSSR count). The molecule has 2 N–H and O–H groups in total. The molecule has 1 aromatic carbocycles. The predicted molar refractivity (Wildman–Crippen MR) is 102 cm³/mol. The molecule has 4 heterocycles. The van der Waals surface area contributed by atoms with Gasteiger partial charge in [-0.2, -0.15) is 5.10 Å². The Balaban J connectivity index is 1.55. The van der Waals surface area contributed by atoms with Crippen LogP contribution in [0.15, 0.2) is 42.7 Å². The van der Waals surface area contributed by atoms with E-state index in [-0.39, 0.29) is 5.91 Å². The highest BCUT2D eigenvalue weighted by molar-refractivity contribution is 7.93. The van der Waals surface area contributed by atoms with Crippen molar-refractivity contribution in [3.8, 4) is 16.9 Å². The van der Waals surface area contributed by atoms with Crippen LogP contribution in [0.25, 0.3) is 27.1 Å². The summed E-state index contributed by atoms with van der Waals surface area (Å²) in [6, 6.07) is 7.80. The molecule has 8 nitrogen and oxygen atoms in total. The van der Waals surface area contributed by atoms with Crippen molar-refractivity contribution in [2.75, 3.05) is 18.5 Å². The van der Waals surface area contributed by atoms with Crippen LogP contribution in [0.3, 0.4) is 0 Å². The first kappa shape index (κ1) is 16.0. The van der Waals surface area contributed by atoms with Gasteiger partial charge in [-0.15, -0.1) is 0 Å². The molecule has 0 fully saturated rings. The molecule has 1 unspecified atom stereocenters. The second kappa shape index (κ2) is 6.20. The second-order valence-corrected chi connectivity index (χ2v) is 7.41. The minimum absolute atomic E-state index is 0.328. The van der Waals surface area contributed by atoms with Crippen LogP contribution in [0.2, 0.25) is 0 Å². The van der Waals surface area contributed by atoms with E-state index < -0.39 is 11.0 Å². The summed E-state index contributed by atoms with van der Waals surface area (Å²) in [5.41, 5.74) is 2.68. The number of nitrogens with zero attached hydrogens (tertiary/aromatic N) is 3. The van der Waals surface area contributed by atoms with E-state index in [9.17, 15) is 9.00 Å². The Morgan fingerprint density at radius 2 is 2.11 bits per heavy atom. The number of rotatable bonds is 2. The van der Waals surface area contributed by atoms with Gasteiger partial charge in [0.15, 0.2) is 27.6 Å². The van der Waals surface area contributed by atoms with E-state index in [2.05, 4.69) is 20.1 Å². The van der Waals surface area contributed by atoms with Crippen LogP contribution < -0.4 is 14.8 Å². The molecule has 136 valence electrons. The number of amides is 1. The number of anilines is 1. The van der Waals surface area contributed by atoms with Gasteiger partial charge in [0.2, 0.25) is 0 Å². The Hall–Kier alpha value is -3.20. The number of carbonyl (C=O) groups excluding carboxylic acids is 1. The van der Waals surface area contributed by atoms with Gasteiger partial charge < -0.3 is 10.1 Å². The lowest BCUT2D eigenvalue weighted by Gasteiger charge is -2.09. The maximum atomic E-state index is 12.0. The third-order valence-corrected chi connectivity index (χ3v) is 5.53. The highest BCUT2D eigenvalue weighted by atomic mass is 32.2. The molecule has 0 saturated heterocycles. The van der Waals surface area contributed by atoms with Gasteiger partial charge in [0.25, 0.3) is 5.91 Å².